The van der Waals surface area contributed by atoms with Crippen molar-refractivity contribution in [2.75, 3.05) is 26.7 Å². The summed E-state index contributed by atoms with van der Waals surface area (Å²) in [5, 5.41) is 0. The maximum Gasteiger partial charge on any atom is 0.257 e. The van der Waals surface area contributed by atoms with E-state index in [4.69, 9.17) is 10.5 Å². The van der Waals surface area contributed by atoms with Crippen LogP contribution >= 0.6 is 0 Å². The van der Waals surface area contributed by atoms with Gasteiger partial charge in [-0.05, 0) is 51.4 Å². The minimum absolute atomic E-state index is 0.0159. The lowest BCUT2D eigenvalue weighted by Gasteiger charge is -2.33. The van der Waals surface area contributed by atoms with Gasteiger partial charge in [0.15, 0.2) is 6.61 Å². The lowest BCUT2D eigenvalue weighted by atomic mass is 10.0. The predicted molar refractivity (Wildman–Crippen MR) is 90.8 cm³/mol. The van der Waals surface area contributed by atoms with Crippen molar-refractivity contribution < 1.29 is 14.3 Å². The van der Waals surface area contributed by atoms with E-state index in [9.17, 15) is 9.59 Å². The zero-order valence-electron chi connectivity index (χ0n) is 14.1. The minimum Gasteiger partial charge on any atom is -0.483 e. The van der Waals surface area contributed by atoms with Gasteiger partial charge in [-0.1, -0.05) is 12.1 Å². The van der Waals surface area contributed by atoms with E-state index in [0.29, 0.717) is 17.4 Å². The van der Waals surface area contributed by atoms with Crippen molar-refractivity contribution in [3.63, 3.8) is 0 Å². The molecule has 2 saturated heterocycles. The molecular formula is C18H25N3O3. The van der Waals surface area contributed by atoms with Crippen LogP contribution in [0.15, 0.2) is 24.3 Å². The number of benzene rings is 1. The molecular weight excluding hydrogens is 306 g/mol. The van der Waals surface area contributed by atoms with Gasteiger partial charge in [-0.2, -0.15) is 0 Å². The molecule has 0 spiro atoms. The van der Waals surface area contributed by atoms with E-state index in [-0.39, 0.29) is 18.6 Å². The van der Waals surface area contributed by atoms with Gasteiger partial charge >= 0.3 is 0 Å². The first-order valence-electron chi connectivity index (χ1n) is 8.59. The number of carbonyl (C=O) groups excluding carboxylic acids is 2. The summed E-state index contributed by atoms with van der Waals surface area (Å²) in [6.07, 6.45) is 4.42. The Morgan fingerprint density at radius 1 is 1.17 bits per heavy atom. The Bertz CT molecular complexity index is 619. The molecule has 2 aliphatic heterocycles. The molecule has 130 valence electrons. The largest absolute Gasteiger partial charge is 0.483 e. The molecule has 2 amide bonds. The number of para-hydroxylation sites is 1. The Labute approximate surface area is 142 Å². The van der Waals surface area contributed by atoms with Crippen LogP contribution in [0.4, 0.5) is 0 Å². The fraction of sp³-hybridized carbons (Fsp3) is 0.556. The molecule has 0 radical (unpaired) electrons. The maximum atomic E-state index is 13.1. The lowest BCUT2D eigenvalue weighted by Crippen LogP contribution is -2.47. The van der Waals surface area contributed by atoms with Gasteiger partial charge in [0.2, 0.25) is 0 Å². The second-order valence-electron chi connectivity index (χ2n) is 6.65. The summed E-state index contributed by atoms with van der Waals surface area (Å²) in [4.78, 5) is 28.4. The molecule has 1 aromatic carbocycles. The molecule has 2 unspecified atom stereocenters. The molecule has 2 heterocycles. The van der Waals surface area contributed by atoms with Crippen molar-refractivity contribution in [2.45, 2.75) is 37.8 Å². The van der Waals surface area contributed by atoms with Crippen LogP contribution in [-0.4, -0.2) is 60.4 Å². The molecule has 0 aromatic heterocycles. The highest BCUT2D eigenvalue weighted by molar-refractivity contribution is 5.97. The van der Waals surface area contributed by atoms with E-state index in [2.05, 4.69) is 11.9 Å². The van der Waals surface area contributed by atoms with Crippen molar-refractivity contribution in [3.8, 4) is 5.75 Å². The fourth-order valence-electron chi connectivity index (χ4n) is 3.94. The molecule has 24 heavy (non-hydrogen) atoms. The Balaban J connectivity index is 1.79. The number of nitrogens with zero attached hydrogens (tertiary/aromatic N) is 2. The lowest BCUT2D eigenvalue weighted by molar-refractivity contribution is -0.119. The van der Waals surface area contributed by atoms with Crippen LogP contribution in [-0.2, 0) is 4.79 Å². The Morgan fingerprint density at radius 3 is 2.58 bits per heavy atom. The van der Waals surface area contributed by atoms with Gasteiger partial charge in [0.05, 0.1) is 5.56 Å². The van der Waals surface area contributed by atoms with Crippen LogP contribution in [0.5, 0.6) is 5.75 Å². The van der Waals surface area contributed by atoms with Gasteiger partial charge in [-0.3, -0.25) is 9.59 Å². The predicted octanol–water partition coefficient (Wildman–Crippen LogP) is 1.25. The summed E-state index contributed by atoms with van der Waals surface area (Å²) >= 11 is 0. The van der Waals surface area contributed by atoms with E-state index in [1.54, 1.807) is 18.2 Å². The molecule has 6 heteroatoms. The number of likely N-dealkylation sites (N-methyl/N-ethyl adjacent to an activating group) is 1. The Kier molecular flexibility index (Phi) is 5.04. The molecule has 0 aliphatic carbocycles. The zero-order chi connectivity index (χ0) is 17.1. The summed E-state index contributed by atoms with van der Waals surface area (Å²) in [5.74, 6) is -0.145. The minimum atomic E-state index is -0.552. The molecule has 0 saturated carbocycles. The van der Waals surface area contributed by atoms with Crippen molar-refractivity contribution in [2.24, 2.45) is 5.73 Å². The molecule has 2 aliphatic rings. The van der Waals surface area contributed by atoms with Crippen LogP contribution in [0.3, 0.4) is 0 Å². The third-order valence-electron chi connectivity index (χ3n) is 5.07. The summed E-state index contributed by atoms with van der Waals surface area (Å²) in [6, 6.07) is 7.77. The fourth-order valence-corrected chi connectivity index (χ4v) is 3.94. The zero-order valence-corrected chi connectivity index (χ0v) is 14.1. The molecule has 6 nitrogen and oxygen atoms in total. The van der Waals surface area contributed by atoms with Crippen molar-refractivity contribution in [3.05, 3.63) is 29.8 Å². The van der Waals surface area contributed by atoms with Crippen molar-refractivity contribution >= 4 is 11.8 Å². The van der Waals surface area contributed by atoms with E-state index in [1.165, 1.54) is 6.42 Å². The topological polar surface area (TPSA) is 75.9 Å². The first-order valence-corrected chi connectivity index (χ1v) is 8.59. The maximum absolute atomic E-state index is 13.1. The van der Waals surface area contributed by atoms with Crippen LogP contribution in [0, 0.1) is 0 Å². The highest BCUT2D eigenvalue weighted by atomic mass is 16.5. The average molecular weight is 331 g/mol. The number of hydrogen-bond acceptors (Lipinski definition) is 4. The summed E-state index contributed by atoms with van der Waals surface area (Å²) in [7, 11) is 2.14. The second-order valence-corrected chi connectivity index (χ2v) is 6.65. The van der Waals surface area contributed by atoms with E-state index < -0.39 is 5.91 Å². The van der Waals surface area contributed by atoms with Crippen LogP contribution in [0.2, 0.25) is 0 Å². The summed E-state index contributed by atoms with van der Waals surface area (Å²) in [5.41, 5.74) is 5.65. The average Bonchev–Trinajstić information content (AvgIpc) is 3.20. The smallest absolute Gasteiger partial charge is 0.257 e. The first kappa shape index (κ1) is 16.8. The van der Waals surface area contributed by atoms with E-state index in [1.807, 2.05) is 11.0 Å². The van der Waals surface area contributed by atoms with Gasteiger partial charge in [0, 0.05) is 18.6 Å². The first-order chi connectivity index (χ1) is 11.6. The number of ether oxygens (including phenoxy) is 1. The van der Waals surface area contributed by atoms with Crippen molar-refractivity contribution in [1.29, 1.82) is 0 Å². The standard InChI is InChI=1S/C18H25N3O3/c1-20-10-4-7-14(20)15-8-5-11-21(15)18(23)13-6-2-3-9-16(13)24-12-17(19)22/h2-3,6,9,14-15H,4-5,7-8,10-12H2,1H3,(H2,19,22). The summed E-state index contributed by atoms with van der Waals surface area (Å²) in [6.45, 7) is 1.65. The highest BCUT2D eigenvalue weighted by Gasteiger charge is 2.39. The number of nitrogens with two attached hydrogens (primary N) is 1. The second kappa shape index (κ2) is 7.21. The molecule has 0 bridgehead atoms. The van der Waals surface area contributed by atoms with Gasteiger partial charge in [0.25, 0.3) is 11.8 Å². The Hall–Kier alpha value is -2.08. The van der Waals surface area contributed by atoms with E-state index in [0.717, 1.165) is 32.4 Å². The monoisotopic (exact) mass is 331 g/mol. The van der Waals surface area contributed by atoms with E-state index >= 15 is 0 Å². The molecule has 1 aromatic rings. The van der Waals surface area contributed by atoms with Crippen LogP contribution in [0.1, 0.15) is 36.0 Å². The molecule has 3 rings (SSSR count). The third-order valence-corrected chi connectivity index (χ3v) is 5.07. The number of primary amides is 1. The molecule has 2 atom stereocenters. The highest BCUT2D eigenvalue weighted by Crippen LogP contribution is 2.31. The number of carbonyl (C=O) groups is 2. The van der Waals surface area contributed by atoms with Crippen LogP contribution < -0.4 is 10.5 Å². The third kappa shape index (κ3) is 3.38. The van der Waals surface area contributed by atoms with Gasteiger partial charge in [0.1, 0.15) is 5.75 Å². The summed E-state index contributed by atoms with van der Waals surface area (Å²) < 4.78 is 5.43. The normalized spacial score (nSPS) is 24.3. The number of rotatable bonds is 5. The van der Waals surface area contributed by atoms with Gasteiger partial charge in [-0.25, -0.2) is 0 Å². The van der Waals surface area contributed by atoms with Crippen molar-refractivity contribution in [1.82, 2.24) is 9.80 Å². The number of amides is 2. The Morgan fingerprint density at radius 2 is 1.88 bits per heavy atom. The number of hydrogen-bond donors (Lipinski definition) is 1. The quantitative estimate of drug-likeness (QED) is 0.881. The SMILES string of the molecule is CN1CCCC1C1CCCN1C(=O)c1ccccc1OCC(N)=O. The van der Waals surface area contributed by atoms with Gasteiger partial charge < -0.3 is 20.3 Å². The van der Waals surface area contributed by atoms with Crippen LogP contribution in [0.25, 0.3) is 0 Å². The molecule has 2 fully saturated rings. The number of likely N-dealkylation sites (tertiary alicyclic amines) is 2. The molecule has 2 N–H and O–H groups in total. The van der Waals surface area contributed by atoms with Gasteiger partial charge in [-0.15, -0.1) is 0 Å².